The van der Waals surface area contributed by atoms with Crippen molar-refractivity contribution in [1.29, 1.82) is 0 Å². The van der Waals surface area contributed by atoms with Crippen LogP contribution in [0.5, 0.6) is 0 Å². The summed E-state index contributed by atoms with van der Waals surface area (Å²) in [5, 5.41) is 0. The fourth-order valence-electron chi connectivity index (χ4n) is 2.88. The molecule has 2 bridgehead atoms. The Morgan fingerprint density at radius 1 is 1.15 bits per heavy atom. The van der Waals surface area contributed by atoms with E-state index >= 15 is 0 Å². The van der Waals surface area contributed by atoms with Crippen molar-refractivity contribution in [2.45, 2.75) is 38.6 Å². The Morgan fingerprint density at radius 2 is 2.00 bits per heavy atom. The van der Waals surface area contributed by atoms with Gasteiger partial charge in [-0.3, -0.25) is 0 Å². The van der Waals surface area contributed by atoms with Crippen LogP contribution >= 0.6 is 0 Å². The highest BCUT2D eigenvalue weighted by molar-refractivity contribution is 4.84. The molecule has 2 nitrogen and oxygen atoms in total. The second-order valence-corrected chi connectivity index (χ2v) is 4.82. The molecule has 0 aromatic rings. The zero-order valence-electron chi connectivity index (χ0n) is 8.54. The van der Waals surface area contributed by atoms with Gasteiger partial charge in [-0.2, -0.15) is 0 Å². The summed E-state index contributed by atoms with van der Waals surface area (Å²) in [5.74, 6) is 2.43. The number of rotatable bonds is 0. The Hall–Kier alpha value is -0.0800. The van der Waals surface area contributed by atoms with Gasteiger partial charge in [-0.1, -0.05) is 6.92 Å². The molecule has 2 aliphatic rings. The molecule has 4 atom stereocenters. The van der Waals surface area contributed by atoms with Crippen LogP contribution in [0.25, 0.3) is 0 Å². The molecule has 76 valence electrons. The average molecular weight is 183 g/mol. The van der Waals surface area contributed by atoms with E-state index in [2.05, 4.69) is 6.92 Å². The molecule has 1 heterocycles. The van der Waals surface area contributed by atoms with E-state index in [1.54, 1.807) is 0 Å². The first kappa shape index (κ1) is 9.47. The topological polar surface area (TPSA) is 35.2 Å². The maximum atomic E-state index is 6.06. The number of ether oxygens (including phenoxy) is 1. The second kappa shape index (κ2) is 3.97. The van der Waals surface area contributed by atoms with Gasteiger partial charge < -0.3 is 10.5 Å². The van der Waals surface area contributed by atoms with Crippen molar-refractivity contribution in [2.75, 3.05) is 13.2 Å². The molecule has 1 aliphatic heterocycles. The molecule has 1 saturated heterocycles. The molecule has 2 fully saturated rings. The highest BCUT2D eigenvalue weighted by Crippen LogP contribution is 2.36. The fraction of sp³-hybridized carbons (Fsp3) is 1.00. The van der Waals surface area contributed by atoms with Crippen molar-refractivity contribution in [3.8, 4) is 0 Å². The Labute approximate surface area is 80.8 Å². The lowest BCUT2D eigenvalue weighted by Crippen LogP contribution is -2.24. The zero-order chi connectivity index (χ0) is 9.26. The van der Waals surface area contributed by atoms with Crippen LogP contribution < -0.4 is 5.73 Å². The highest BCUT2D eigenvalue weighted by Gasteiger charge is 2.32. The third-order valence-electron chi connectivity index (χ3n) is 3.97. The minimum atomic E-state index is 0.454. The maximum Gasteiger partial charge on any atom is 0.0496 e. The van der Waals surface area contributed by atoms with Crippen molar-refractivity contribution < 1.29 is 4.74 Å². The molecule has 0 amide bonds. The lowest BCUT2D eigenvalue weighted by Gasteiger charge is -2.24. The largest absolute Gasteiger partial charge is 0.381 e. The molecule has 0 radical (unpaired) electrons. The van der Waals surface area contributed by atoms with Crippen LogP contribution in [0.4, 0.5) is 0 Å². The summed E-state index contributed by atoms with van der Waals surface area (Å²) < 4.78 is 5.63. The predicted octanol–water partition coefficient (Wildman–Crippen LogP) is 1.79. The Bertz CT molecular complexity index is 171. The van der Waals surface area contributed by atoms with Crippen LogP contribution in [-0.4, -0.2) is 19.3 Å². The molecule has 2 N–H and O–H groups in total. The molecule has 1 aliphatic carbocycles. The third-order valence-corrected chi connectivity index (χ3v) is 3.97. The first-order chi connectivity index (χ1) is 6.27. The molecule has 2 heteroatoms. The van der Waals surface area contributed by atoms with Gasteiger partial charge in [0.15, 0.2) is 0 Å². The number of fused-ring (bicyclic) bond motifs is 2. The van der Waals surface area contributed by atoms with Gasteiger partial charge >= 0.3 is 0 Å². The standard InChI is InChI=1S/C11H21NO/c1-8-9-4-5-13-7-10(8)2-3-11(12)6-9/h8-11H,2-7,12H2,1H3. The van der Waals surface area contributed by atoms with E-state index in [1.807, 2.05) is 0 Å². The molecular formula is C11H21NO. The lowest BCUT2D eigenvalue weighted by molar-refractivity contribution is 0.102. The van der Waals surface area contributed by atoms with Crippen LogP contribution in [0.1, 0.15) is 32.6 Å². The minimum absolute atomic E-state index is 0.454. The van der Waals surface area contributed by atoms with Crippen molar-refractivity contribution in [2.24, 2.45) is 23.5 Å². The van der Waals surface area contributed by atoms with E-state index in [0.29, 0.717) is 6.04 Å². The summed E-state index contributed by atoms with van der Waals surface area (Å²) in [4.78, 5) is 0. The van der Waals surface area contributed by atoms with Gasteiger partial charge in [0.25, 0.3) is 0 Å². The smallest absolute Gasteiger partial charge is 0.0496 e. The average Bonchev–Trinajstić information content (AvgIpc) is 2.35. The van der Waals surface area contributed by atoms with Crippen molar-refractivity contribution in [3.05, 3.63) is 0 Å². The van der Waals surface area contributed by atoms with E-state index in [0.717, 1.165) is 31.0 Å². The van der Waals surface area contributed by atoms with Gasteiger partial charge in [-0.15, -0.1) is 0 Å². The van der Waals surface area contributed by atoms with Crippen LogP contribution in [0.3, 0.4) is 0 Å². The molecule has 4 unspecified atom stereocenters. The zero-order valence-corrected chi connectivity index (χ0v) is 8.54. The minimum Gasteiger partial charge on any atom is -0.381 e. The van der Waals surface area contributed by atoms with Crippen LogP contribution in [0.2, 0.25) is 0 Å². The number of nitrogens with two attached hydrogens (primary N) is 1. The summed E-state index contributed by atoms with van der Waals surface area (Å²) in [6.45, 7) is 4.32. The summed E-state index contributed by atoms with van der Waals surface area (Å²) in [7, 11) is 0. The molecule has 2 rings (SSSR count). The van der Waals surface area contributed by atoms with Crippen LogP contribution in [0.15, 0.2) is 0 Å². The van der Waals surface area contributed by atoms with Gasteiger partial charge in [0.1, 0.15) is 0 Å². The van der Waals surface area contributed by atoms with Crippen molar-refractivity contribution in [1.82, 2.24) is 0 Å². The van der Waals surface area contributed by atoms with E-state index < -0.39 is 0 Å². The molecule has 0 aromatic heterocycles. The summed E-state index contributed by atoms with van der Waals surface area (Å²) >= 11 is 0. The fourth-order valence-corrected chi connectivity index (χ4v) is 2.88. The quantitative estimate of drug-likeness (QED) is 0.621. The van der Waals surface area contributed by atoms with Gasteiger partial charge in [0.2, 0.25) is 0 Å². The van der Waals surface area contributed by atoms with Crippen molar-refractivity contribution >= 4 is 0 Å². The normalized spacial score (nSPS) is 46.6. The molecule has 0 spiro atoms. The molecular weight excluding hydrogens is 162 g/mol. The maximum absolute atomic E-state index is 6.06. The predicted molar refractivity (Wildman–Crippen MR) is 53.4 cm³/mol. The van der Waals surface area contributed by atoms with E-state index in [9.17, 15) is 0 Å². The van der Waals surface area contributed by atoms with Gasteiger partial charge in [-0.25, -0.2) is 0 Å². The van der Waals surface area contributed by atoms with Gasteiger partial charge in [-0.05, 0) is 43.4 Å². The number of hydrogen-bond donors (Lipinski definition) is 1. The van der Waals surface area contributed by atoms with E-state index in [1.165, 1.54) is 25.7 Å². The Balaban J connectivity index is 2.09. The van der Waals surface area contributed by atoms with Crippen molar-refractivity contribution in [3.63, 3.8) is 0 Å². The molecule has 0 aromatic carbocycles. The Morgan fingerprint density at radius 3 is 2.85 bits per heavy atom. The van der Waals surface area contributed by atoms with E-state index in [-0.39, 0.29) is 0 Å². The van der Waals surface area contributed by atoms with Gasteiger partial charge in [0, 0.05) is 19.3 Å². The Kier molecular flexibility index (Phi) is 2.89. The molecule has 1 saturated carbocycles. The van der Waals surface area contributed by atoms with Crippen LogP contribution in [0, 0.1) is 17.8 Å². The lowest BCUT2D eigenvalue weighted by atomic mass is 9.81. The molecule has 13 heavy (non-hydrogen) atoms. The second-order valence-electron chi connectivity index (χ2n) is 4.82. The third kappa shape index (κ3) is 2.05. The summed E-state index contributed by atoms with van der Waals surface area (Å²) in [6.07, 6.45) is 4.93. The first-order valence-corrected chi connectivity index (χ1v) is 5.60. The SMILES string of the molecule is CC1C2CCC(N)CC1CCOC2. The summed E-state index contributed by atoms with van der Waals surface area (Å²) in [6, 6.07) is 0.454. The first-order valence-electron chi connectivity index (χ1n) is 5.60. The number of hydrogen-bond acceptors (Lipinski definition) is 2. The van der Waals surface area contributed by atoms with Gasteiger partial charge in [0.05, 0.1) is 0 Å². The van der Waals surface area contributed by atoms with E-state index in [4.69, 9.17) is 10.5 Å². The highest BCUT2D eigenvalue weighted by atomic mass is 16.5. The van der Waals surface area contributed by atoms with Crippen LogP contribution in [-0.2, 0) is 4.74 Å². The summed E-state index contributed by atoms with van der Waals surface area (Å²) in [5.41, 5.74) is 6.06. The monoisotopic (exact) mass is 183 g/mol.